The summed E-state index contributed by atoms with van der Waals surface area (Å²) in [5, 5.41) is 0. The highest BCUT2D eigenvalue weighted by molar-refractivity contribution is 7.89. The molecule has 0 radical (unpaired) electrons. The van der Waals surface area contributed by atoms with Crippen molar-refractivity contribution in [3.05, 3.63) is 29.1 Å². The molecular formula is C14H19ClFNO2S. The number of hydrogen-bond acceptors (Lipinski definition) is 2. The molecule has 1 heterocycles. The third-order valence-corrected chi connectivity index (χ3v) is 6.05. The lowest BCUT2D eigenvalue weighted by Gasteiger charge is -2.30. The molecule has 6 heteroatoms. The molecule has 0 spiro atoms. The van der Waals surface area contributed by atoms with Gasteiger partial charge in [-0.25, -0.2) is 12.8 Å². The summed E-state index contributed by atoms with van der Waals surface area (Å²) in [6.07, 6.45) is 1.87. The highest BCUT2D eigenvalue weighted by Gasteiger charge is 2.30. The summed E-state index contributed by atoms with van der Waals surface area (Å²) in [5.74, 6) is -0.0949. The Kier molecular flexibility index (Phi) is 4.72. The van der Waals surface area contributed by atoms with Gasteiger partial charge in [0.2, 0.25) is 10.0 Å². The van der Waals surface area contributed by atoms with Crippen molar-refractivity contribution in [3.63, 3.8) is 0 Å². The number of benzene rings is 1. The molecule has 1 aromatic rings. The fraction of sp³-hybridized carbons (Fsp3) is 0.571. The minimum Gasteiger partial charge on any atom is -0.207 e. The number of piperidine rings is 1. The van der Waals surface area contributed by atoms with Crippen LogP contribution < -0.4 is 0 Å². The predicted octanol–water partition coefficient (Wildman–Crippen LogP) is 3.29. The van der Waals surface area contributed by atoms with Crippen molar-refractivity contribution in [3.8, 4) is 0 Å². The average molecular weight is 320 g/mol. The first-order valence-corrected chi connectivity index (χ1v) is 8.69. The molecule has 1 saturated heterocycles. The second-order valence-corrected chi connectivity index (χ2v) is 7.62. The first kappa shape index (κ1) is 15.7. The lowest BCUT2D eigenvalue weighted by Crippen LogP contribution is -2.39. The van der Waals surface area contributed by atoms with Crippen LogP contribution in [-0.2, 0) is 15.9 Å². The lowest BCUT2D eigenvalue weighted by molar-refractivity contribution is 0.281. The van der Waals surface area contributed by atoms with Crippen molar-refractivity contribution in [2.24, 2.45) is 5.92 Å². The average Bonchev–Trinajstić information content (AvgIpc) is 2.41. The predicted molar refractivity (Wildman–Crippen MR) is 77.9 cm³/mol. The SMILES string of the molecule is Cc1c(F)cc(CCl)cc1S(=O)(=O)N1CCCC(C)C1. The highest BCUT2D eigenvalue weighted by Crippen LogP contribution is 2.28. The van der Waals surface area contributed by atoms with Crippen LogP contribution in [0.5, 0.6) is 0 Å². The Bertz CT molecular complexity index is 603. The normalized spacial score (nSPS) is 21.1. The van der Waals surface area contributed by atoms with Crippen LogP contribution in [0.2, 0.25) is 0 Å². The Labute approximate surface area is 124 Å². The second kappa shape index (κ2) is 6.00. The summed E-state index contributed by atoms with van der Waals surface area (Å²) in [7, 11) is -3.65. The van der Waals surface area contributed by atoms with E-state index < -0.39 is 15.8 Å². The second-order valence-electron chi connectivity index (χ2n) is 5.44. The van der Waals surface area contributed by atoms with E-state index >= 15 is 0 Å². The molecule has 1 atom stereocenters. The smallest absolute Gasteiger partial charge is 0.207 e. The minimum absolute atomic E-state index is 0.0438. The van der Waals surface area contributed by atoms with E-state index in [1.165, 1.54) is 23.4 Å². The first-order valence-electron chi connectivity index (χ1n) is 6.71. The van der Waals surface area contributed by atoms with E-state index in [1.807, 2.05) is 6.92 Å². The number of rotatable bonds is 3. The summed E-state index contributed by atoms with van der Waals surface area (Å²) in [6.45, 7) is 4.52. The van der Waals surface area contributed by atoms with Gasteiger partial charge in [-0.15, -0.1) is 11.6 Å². The molecule has 0 aromatic heterocycles. The molecule has 1 aromatic carbocycles. The zero-order valence-corrected chi connectivity index (χ0v) is 13.3. The van der Waals surface area contributed by atoms with Crippen molar-refractivity contribution < 1.29 is 12.8 Å². The fourth-order valence-corrected chi connectivity index (χ4v) is 4.59. The van der Waals surface area contributed by atoms with E-state index in [0.29, 0.717) is 24.6 Å². The summed E-state index contributed by atoms with van der Waals surface area (Å²) < 4.78 is 40.7. The molecular weight excluding hydrogens is 301 g/mol. The van der Waals surface area contributed by atoms with Gasteiger partial charge in [0.1, 0.15) is 5.82 Å². The van der Waals surface area contributed by atoms with Crippen LogP contribution in [0.3, 0.4) is 0 Å². The van der Waals surface area contributed by atoms with Gasteiger partial charge in [-0.05, 0) is 43.4 Å². The van der Waals surface area contributed by atoms with Gasteiger partial charge in [-0.3, -0.25) is 0 Å². The molecule has 0 saturated carbocycles. The molecule has 2 rings (SSSR count). The third-order valence-electron chi connectivity index (χ3n) is 3.75. The van der Waals surface area contributed by atoms with Crippen LogP contribution in [0.25, 0.3) is 0 Å². The zero-order valence-electron chi connectivity index (χ0n) is 11.7. The van der Waals surface area contributed by atoms with E-state index in [-0.39, 0.29) is 16.3 Å². The Morgan fingerprint density at radius 1 is 1.45 bits per heavy atom. The monoisotopic (exact) mass is 319 g/mol. The maximum Gasteiger partial charge on any atom is 0.243 e. The quantitative estimate of drug-likeness (QED) is 0.802. The van der Waals surface area contributed by atoms with Crippen LogP contribution >= 0.6 is 11.6 Å². The molecule has 1 unspecified atom stereocenters. The van der Waals surface area contributed by atoms with E-state index in [1.54, 1.807) is 0 Å². The van der Waals surface area contributed by atoms with Gasteiger partial charge in [0, 0.05) is 24.5 Å². The summed E-state index contributed by atoms with van der Waals surface area (Å²) in [5.41, 5.74) is 0.649. The van der Waals surface area contributed by atoms with Crippen molar-refractivity contribution in [1.82, 2.24) is 4.31 Å². The van der Waals surface area contributed by atoms with E-state index in [4.69, 9.17) is 11.6 Å². The van der Waals surface area contributed by atoms with Crippen molar-refractivity contribution in [2.45, 2.75) is 37.5 Å². The number of sulfonamides is 1. The maximum absolute atomic E-state index is 13.9. The number of nitrogens with zero attached hydrogens (tertiary/aromatic N) is 1. The molecule has 0 aliphatic carbocycles. The van der Waals surface area contributed by atoms with Gasteiger partial charge in [0.25, 0.3) is 0 Å². The van der Waals surface area contributed by atoms with Gasteiger partial charge >= 0.3 is 0 Å². The Balaban J connectivity index is 2.46. The van der Waals surface area contributed by atoms with Crippen molar-refractivity contribution >= 4 is 21.6 Å². The van der Waals surface area contributed by atoms with Gasteiger partial charge in [0.05, 0.1) is 4.90 Å². The molecule has 112 valence electrons. The molecule has 20 heavy (non-hydrogen) atoms. The summed E-state index contributed by atoms with van der Waals surface area (Å²) >= 11 is 5.71. The van der Waals surface area contributed by atoms with Crippen LogP contribution in [0.15, 0.2) is 17.0 Å². The molecule has 0 N–H and O–H groups in total. The standard InChI is InChI=1S/C14H19ClFNO2S/c1-10-4-3-5-17(9-10)20(18,19)14-7-12(8-15)6-13(16)11(14)2/h6-7,10H,3-5,8-9H2,1-2H3. The first-order chi connectivity index (χ1) is 9.36. The van der Waals surface area contributed by atoms with Crippen LogP contribution in [0.1, 0.15) is 30.9 Å². The molecule has 1 aliphatic rings. The van der Waals surface area contributed by atoms with Crippen molar-refractivity contribution in [1.29, 1.82) is 0 Å². The number of halogens is 2. The highest BCUT2D eigenvalue weighted by atomic mass is 35.5. The van der Waals surface area contributed by atoms with E-state index in [2.05, 4.69) is 0 Å². The summed E-state index contributed by atoms with van der Waals surface area (Å²) in [4.78, 5) is 0.0438. The van der Waals surface area contributed by atoms with Gasteiger partial charge in [0.15, 0.2) is 0 Å². The van der Waals surface area contributed by atoms with Crippen LogP contribution in [-0.4, -0.2) is 25.8 Å². The van der Waals surface area contributed by atoms with Crippen LogP contribution in [0, 0.1) is 18.7 Å². The fourth-order valence-electron chi connectivity index (χ4n) is 2.56. The maximum atomic E-state index is 13.9. The number of alkyl halides is 1. The molecule has 0 amide bonds. The zero-order chi connectivity index (χ0) is 14.9. The molecule has 1 aliphatic heterocycles. The van der Waals surface area contributed by atoms with Gasteiger partial charge in [-0.2, -0.15) is 4.31 Å². The third kappa shape index (κ3) is 3.00. The molecule has 3 nitrogen and oxygen atoms in total. The lowest BCUT2D eigenvalue weighted by atomic mass is 10.0. The number of hydrogen-bond donors (Lipinski definition) is 0. The largest absolute Gasteiger partial charge is 0.243 e. The molecule has 1 fully saturated rings. The Hall–Kier alpha value is -0.650. The molecule has 0 bridgehead atoms. The minimum atomic E-state index is -3.65. The Morgan fingerprint density at radius 3 is 2.75 bits per heavy atom. The van der Waals surface area contributed by atoms with Crippen LogP contribution in [0.4, 0.5) is 4.39 Å². The summed E-state index contributed by atoms with van der Waals surface area (Å²) in [6, 6.07) is 2.78. The topological polar surface area (TPSA) is 37.4 Å². The van der Waals surface area contributed by atoms with Crippen molar-refractivity contribution in [2.75, 3.05) is 13.1 Å². The van der Waals surface area contributed by atoms with Gasteiger partial charge in [-0.1, -0.05) is 6.92 Å². The van der Waals surface area contributed by atoms with E-state index in [9.17, 15) is 12.8 Å². The van der Waals surface area contributed by atoms with Gasteiger partial charge < -0.3 is 0 Å². The Morgan fingerprint density at radius 2 is 2.15 bits per heavy atom. The van der Waals surface area contributed by atoms with E-state index in [0.717, 1.165) is 12.8 Å².